The van der Waals surface area contributed by atoms with Gasteiger partial charge in [0.15, 0.2) is 6.61 Å². The maximum Gasteiger partial charge on any atom is 0.340 e. The minimum Gasteiger partial charge on any atom is -0.452 e. The minimum absolute atomic E-state index is 0.101. The van der Waals surface area contributed by atoms with Crippen molar-refractivity contribution in [1.82, 2.24) is 9.36 Å². The number of carbonyl (C=O) groups is 2. The molecule has 3 rings (SSSR count). The number of rotatable bonds is 5. The topological polar surface area (TPSA) is 108 Å². The molecule has 3 N–H and O–H groups in total. The number of ether oxygens (including phenoxy) is 1. The molecule has 0 radical (unpaired) electrons. The Morgan fingerprint density at radius 3 is 2.52 bits per heavy atom. The SMILES string of the molecule is Cc1c(NC(=O)COC(=O)c2ccc(Cl)cc2N)c(=O)n(-c2ccccc2)n1C. The zero-order chi connectivity index (χ0) is 21.1. The van der Waals surface area contributed by atoms with Crippen LogP contribution in [0.2, 0.25) is 5.02 Å². The van der Waals surface area contributed by atoms with Gasteiger partial charge in [-0.15, -0.1) is 0 Å². The Kier molecular flexibility index (Phi) is 5.74. The van der Waals surface area contributed by atoms with Crippen molar-refractivity contribution in [3.05, 3.63) is 75.2 Å². The number of hydrogen-bond acceptors (Lipinski definition) is 5. The maximum absolute atomic E-state index is 12.8. The summed E-state index contributed by atoms with van der Waals surface area (Å²) in [6, 6.07) is 13.3. The highest BCUT2D eigenvalue weighted by atomic mass is 35.5. The highest BCUT2D eigenvalue weighted by Gasteiger charge is 2.19. The van der Waals surface area contributed by atoms with Crippen molar-refractivity contribution in [2.24, 2.45) is 7.05 Å². The summed E-state index contributed by atoms with van der Waals surface area (Å²) in [5.41, 5.74) is 6.92. The van der Waals surface area contributed by atoms with Crippen LogP contribution in [0.3, 0.4) is 0 Å². The summed E-state index contributed by atoms with van der Waals surface area (Å²) in [5, 5.41) is 2.90. The number of nitrogens with two attached hydrogens (primary N) is 1. The summed E-state index contributed by atoms with van der Waals surface area (Å²) in [5.74, 6) is -1.40. The molecular weight excluding hydrogens is 396 g/mol. The summed E-state index contributed by atoms with van der Waals surface area (Å²) in [4.78, 5) is 37.1. The first kappa shape index (κ1) is 20.2. The van der Waals surface area contributed by atoms with Gasteiger partial charge in [0, 0.05) is 17.8 Å². The van der Waals surface area contributed by atoms with Crippen LogP contribution >= 0.6 is 11.6 Å². The van der Waals surface area contributed by atoms with Crippen LogP contribution in [0.15, 0.2) is 53.3 Å². The third kappa shape index (κ3) is 4.17. The molecule has 9 heteroatoms. The van der Waals surface area contributed by atoms with E-state index in [1.165, 1.54) is 22.9 Å². The van der Waals surface area contributed by atoms with Gasteiger partial charge >= 0.3 is 5.97 Å². The number of para-hydroxylation sites is 1. The van der Waals surface area contributed by atoms with Gasteiger partial charge in [-0.3, -0.25) is 14.3 Å². The van der Waals surface area contributed by atoms with Gasteiger partial charge in [-0.1, -0.05) is 29.8 Å². The Bertz CT molecular complexity index is 1140. The third-order valence-corrected chi connectivity index (χ3v) is 4.62. The second-order valence-electron chi connectivity index (χ2n) is 6.29. The number of carbonyl (C=O) groups excluding carboxylic acids is 2. The quantitative estimate of drug-likeness (QED) is 0.492. The smallest absolute Gasteiger partial charge is 0.340 e. The molecule has 0 saturated carbocycles. The Morgan fingerprint density at radius 1 is 1.17 bits per heavy atom. The summed E-state index contributed by atoms with van der Waals surface area (Å²) < 4.78 is 8.06. The first-order valence-electron chi connectivity index (χ1n) is 8.65. The number of benzene rings is 2. The number of esters is 1. The van der Waals surface area contributed by atoms with Gasteiger partial charge in [0.05, 0.1) is 16.9 Å². The molecule has 0 fully saturated rings. The van der Waals surface area contributed by atoms with Crippen LogP contribution in [0.4, 0.5) is 11.4 Å². The van der Waals surface area contributed by atoms with E-state index in [0.29, 0.717) is 16.4 Å². The number of halogens is 1. The van der Waals surface area contributed by atoms with Gasteiger partial charge < -0.3 is 15.8 Å². The van der Waals surface area contributed by atoms with Crippen LogP contribution < -0.4 is 16.6 Å². The fraction of sp³-hybridized carbons (Fsp3) is 0.150. The van der Waals surface area contributed by atoms with Crippen LogP contribution in [0.1, 0.15) is 16.1 Å². The van der Waals surface area contributed by atoms with Crippen molar-refractivity contribution in [2.45, 2.75) is 6.92 Å². The van der Waals surface area contributed by atoms with Crippen molar-refractivity contribution >= 4 is 34.9 Å². The normalized spacial score (nSPS) is 10.6. The van der Waals surface area contributed by atoms with Gasteiger partial charge in [-0.2, -0.15) is 0 Å². The van der Waals surface area contributed by atoms with Gasteiger partial charge in [-0.05, 0) is 37.3 Å². The second kappa shape index (κ2) is 8.24. The molecule has 0 aliphatic carbocycles. The zero-order valence-electron chi connectivity index (χ0n) is 15.8. The first-order valence-corrected chi connectivity index (χ1v) is 9.03. The molecule has 8 nitrogen and oxygen atoms in total. The summed E-state index contributed by atoms with van der Waals surface area (Å²) in [6.45, 7) is 1.14. The van der Waals surface area contributed by atoms with E-state index in [0.717, 1.165) is 0 Å². The van der Waals surface area contributed by atoms with E-state index in [1.54, 1.807) is 30.8 Å². The largest absolute Gasteiger partial charge is 0.452 e. The maximum atomic E-state index is 12.8. The molecule has 1 aromatic heterocycles. The third-order valence-electron chi connectivity index (χ3n) is 4.39. The predicted octanol–water partition coefficient (Wildman–Crippen LogP) is 2.52. The lowest BCUT2D eigenvalue weighted by molar-refractivity contribution is -0.119. The Labute approximate surface area is 171 Å². The molecule has 0 unspecified atom stereocenters. The van der Waals surface area contributed by atoms with Crippen molar-refractivity contribution in [3.8, 4) is 5.69 Å². The number of amides is 1. The van der Waals surface area contributed by atoms with Crippen molar-refractivity contribution in [1.29, 1.82) is 0 Å². The monoisotopic (exact) mass is 414 g/mol. The van der Waals surface area contributed by atoms with E-state index in [9.17, 15) is 14.4 Å². The summed E-state index contributed by atoms with van der Waals surface area (Å²) in [6.07, 6.45) is 0. The lowest BCUT2D eigenvalue weighted by Gasteiger charge is -2.08. The molecule has 2 aromatic carbocycles. The number of nitrogens with one attached hydrogen (secondary N) is 1. The molecule has 0 bridgehead atoms. The van der Waals surface area contributed by atoms with Crippen LogP contribution in [0.25, 0.3) is 5.69 Å². The molecule has 0 atom stereocenters. The van der Waals surface area contributed by atoms with Crippen LogP contribution in [0, 0.1) is 6.92 Å². The van der Waals surface area contributed by atoms with Crippen LogP contribution in [-0.2, 0) is 16.6 Å². The standard InChI is InChI=1S/C20H19ClN4O4/c1-12-18(19(27)25(24(12)2)14-6-4-3-5-7-14)23-17(26)11-29-20(28)15-9-8-13(21)10-16(15)22/h3-10H,11,22H2,1-2H3,(H,23,26). The van der Waals surface area contributed by atoms with Crippen LogP contribution in [-0.4, -0.2) is 27.8 Å². The highest BCUT2D eigenvalue weighted by molar-refractivity contribution is 6.31. The van der Waals surface area contributed by atoms with Gasteiger partial charge in [0.25, 0.3) is 11.5 Å². The Morgan fingerprint density at radius 2 is 1.86 bits per heavy atom. The van der Waals surface area contributed by atoms with Gasteiger partial charge in [0.1, 0.15) is 5.69 Å². The van der Waals surface area contributed by atoms with Crippen molar-refractivity contribution in [3.63, 3.8) is 0 Å². The molecule has 1 amide bonds. The molecule has 0 spiro atoms. The predicted molar refractivity (Wildman–Crippen MR) is 111 cm³/mol. The number of anilines is 2. The molecule has 1 heterocycles. The van der Waals surface area contributed by atoms with E-state index < -0.39 is 24.0 Å². The van der Waals surface area contributed by atoms with Gasteiger partial charge in [0.2, 0.25) is 0 Å². The Hall–Kier alpha value is -3.52. The van der Waals surface area contributed by atoms with E-state index in [2.05, 4.69) is 5.32 Å². The average molecular weight is 415 g/mol. The second-order valence-corrected chi connectivity index (χ2v) is 6.73. The van der Waals surface area contributed by atoms with Crippen LogP contribution in [0.5, 0.6) is 0 Å². The summed E-state index contributed by atoms with van der Waals surface area (Å²) in [7, 11) is 1.71. The number of nitrogen functional groups attached to an aromatic ring is 1. The lowest BCUT2D eigenvalue weighted by Crippen LogP contribution is -2.26. The van der Waals surface area contributed by atoms with E-state index in [4.69, 9.17) is 22.1 Å². The molecular formula is C20H19ClN4O4. The number of aromatic nitrogens is 2. The van der Waals surface area contributed by atoms with Crippen molar-refractivity contribution < 1.29 is 14.3 Å². The zero-order valence-corrected chi connectivity index (χ0v) is 16.6. The molecule has 150 valence electrons. The molecule has 0 saturated heterocycles. The first-order chi connectivity index (χ1) is 13.8. The van der Waals surface area contributed by atoms with E-state index in [-0.39, 0.29) is 16.9 Å². The van der Waals surface area contributed by atoms with Gasteiger partial charge in [-0.25, -0.2) is 9.48 Å². The number of nitrogens with zero attached hydrogens (tertiary/aromatic N) is 2. The molecule has 0 aliphatic heterocycles. The molecule has 3 aromatic rings. The van der Waals surface area contributed by atoms with Crippen molar-refractivity contribution in [2.75, 3.05) is 17.7 Å². The van der Waals surface area contributed by atoms with E-state index >= 15 is 0 Å². The fourth-order valence-electron chi connectivity index (χ4n) is 2.82. The Balaban J connectivity index is 1.73. The lowest BCUT2D eigenvalue weighted by atomic mass is 10.2. The average Bonchev–Trinajstić information content (AvgIpc) is 2.90. The molecule has 29 heavy (non-hydrogen) atoms. The fourth-order valence-corrected chi connectivity index (χ4v) is 3.00. The summed E-state index contributed by atoms with van der Waals surface area (Å²) >= 11 is 5.80. The van der Waals surface area contributed by atoms with E-state index in [1.807, 2.05) is 18.2 Å². The highest BCUT2D eigenvalue weighted by Crippen LogP contribution is 2.19. The molecule has 0 aliphatic rings. The minimum atomic E-state index is -0.763. The number of hydrogen-bond donors (Lipinski definition) is 2.